The first kappa shape index (κ1) is 19.2. The molecule has 28 heavy (non-hydrogen) atoms. The molecule has 1 amide bonds. The zero-order valence-corrected chi connectivity index (χ0v) is 15.8. The van der Waals surface area contributed by atoms with E-state index in [0.29, 0.717) is 28.6 Å². The topological polar surface area (TPSA) is 79.9 Å². The van der Waals surface area contributed by atoms with Crippen LogP contribution in [0.15, 0.2) is 66.5 Å². The molecule has 2 aromatic carbocycles. The Bertz CT molecular complexity index is 1070. The molecule has 7 heteroatoms. The number of aromatic nitrogens is 2. The number of amides is 1. The van der Waals surface area contributed by atoms with Crippen LogP contribution in [0, 0.1) is 11.3 Å². The summed E-state index contributed by atoms with van der Waals surface area (Å²) in [6.07, 6.45) is 4.82. The Kier molecular flexibility index (Phi) is 6.10. The molecule has 0 spiro atoms. The second kappa shape index (κ2) is 8.89. The van der Waals surface area contributed by atoms with Gasteiger partial charge in [-0.25, -0.2) is 0 Å². The molecule has 1 heterocycles. The fourth-order valence-electron chi connectivity index (χ4n) is 2.59. The molecule has 0 bridgehead atoms. The number of benzene rings is 2. The van der Waals surface area contributed by atoms with Gasteiger partial charge in [0.2, 0.25) is 0 Å². The van der Waals surface area contributed by atoms with Crippen LogP contribution in [0.1, 0.15) is 11.1 Å². The van der Waals surface area contributed by atoms with Crippen LogP contribution < -0.4 is 10.1 Å². The minimum atomic E-state index is -0.522. The van der Waals surface area contributed by atoms with Crippen molar-refractivity contribution >= 4 is 29.3 Å². The minimum absolute atomic E-state index is 0.0387. The van der Waals surface area contributed by atoms with Crippen molar-refractivity contribution < 1.29 is 9.53 Å². The van der Waals surface area contributed by atoms with Crippen molar-refractivity contribution in [1.82, 2.24) is 9.78 Å². The average Bonchev–Trinajstić information content (AvgIpc) is 3.15. The number of para-hydroxylation sites is 2. The van der Waals surface area contributed by atoms with Crippen molar-refractivity contribution in [3.8, 4) is 11.8 Å². The average molecular weight is 393 g/mol. The van der Waals surface area contributed by atoms with Gasteiger partial charge in [-0.05, 0) is 29.8 Å². The molecule has 0 saturated heterocycles. The fraction of sp³-hybridized carbons (Fsp3) is 0.0952. The number of nitrogens with zero attached hydrogens (tertiary/aromatic N) is 3. The summed E-state index contributed by atoms with van der Waals surface area (Å²) in [4.78, 5) is 12.5. The standard InChI is InChI=1S/C21H17ClN4O2/c1-28-20-9-5-4-8-19(20)25-21(27)17(11-23)10-15-12-24-26(13-15)14-16-6-2-3-7-18(16)22/h2-10,12-13H,14H2,1H3,(H,25,27)/b17-10+. The second-order valence-corrected chi connectivity index (χ2v) is 6.29. The van der Waals surface area contributed by atoms with Gasteiger partial charge in [-0.15, -0.1) is 0 Å². The SMILES string of the molecule is COc1ccccc1NC(=O)/C(C#N)=C/c1cnn(Cc2ccccc2Cl)c1. The van der Waals surface area contributed by atoms with Gasteiger partial charge >= 0.3 is 0 Å². The lowest BCUT2D eigenvalue weighted by Gasteiger charge is -2.09. The van der Waals surface area contributed by atoms with Crippen LogP contribution in [-0.4, -0.2) is 22.8 Å². The molecule has 0 saturated carbocycles. The lowest BCUT2D eigenvalue weighted by atomic mass is 10.2. The third-order valence-corrected chi connectivity index (χ3v) is 4.34. The summed E-state index contributed by atoms with van der Waals surface area (Å²) in [5.74, 6) is -0.00782. The zero-order valence-electron chi connectivity index (χ0n) is 15.1. The van der Waals surface area contributed by atoms with E-state index in [0.717, 1.165) is 5.56 Å². The number of nitrogens with one attached hydrogen (secondary N) is 1. The largest absolute Gasteiger partial charge is 0.495 e. The monoisotopic (exact) mass is 392 g/mol. The van der Waals surface area contributed by atoms with E-state index in [1.807, 2.05) is 30.3 Å². The third kappa shape index (κ3) is 4.58. The Morgan fingerprint density at radius 1 is 1.29 bits per heavy atom. The van der Waals surface area contributed by atoms with Gasteiger partial charge < -0.3 is 10.1 Å². The molecule has 0 radical (unpaired) electrons. The number of ether oxygens (including phenoxy) is 1. The Labute approximate surface area is 167 Å². The maximum atomic E-state index is 12.5. The molecule has 140 valence electrons. The summed E-state index contributed by atoms with van der Waals surface area (Å²) in [5, 5.41) is 17.0. The Morgan fingerprint density at radius 3 is 2.79 bits per heavy atom. The maximum absolute atomic E-state index is 12.5. The number of methoxy groups -OCH3 is 1. The van der Waals surface area contributed by atoms with Crippen LogP contribution in [0.3, 0.4) is 0 Å². The van der Waals surface area contributed by atoms with Gasteiger partial charge in [0.15, 0.2) is 0 Å². The molecule has 0 unspecified atom stereocenters. The van der Waals surface area contributed by atoms with Crippen molar-refractivity contribution in [1.29, 1.82) is 5.26 Å². The lowest BCUT2D eigenvalue weighted by Crippen LogP contribution is -2.14. The molecular formula is C21H17ClN4O2. The lowest BCUT2D eigenvalue weighted by molar-refractivity contribution is -0.112. The van der Waals surface area contributed by atoms with Crippen LogP contribution in [0.25, 0.3) is 6.08 Å². The van der Waals surface area contributed by atoms with Gasteiger partial charge in [0.1, 0.15) is 17.4 Å². The van der Waals surface area contributed by atoms with E-state index < -0.39 is 5.91 Å². The van der Waals surface area contributed by atoms with Gasteiger partial charge in [0, 0.05) is 16.8 Å². The Hall–Kier alpha value is -3.56. The summed E-state index contributed by atoms with van der Waals surface area (Å²) in [6.45, 7) is 0.489. The van der Waals surface area contributed by atoms with Gasteiger partial charge in [-0.1, -0.05) is 41.9 Å². The number of hydrogen-bond acceptors (Lipinski definition) is 4. The van der Waals surface area contributed by atoms with E-state index in [1.165, 1.54) is 13.2 Å². The van der Waals surface area contributed by atoms with E-state index in [-0.39, 0.29) is 5.57 Å². The second-order valence-electron chi connectivity index (χ2n) is 5.89. The highest BCUT2D eigenvalue weighted by Crippen LogP contribution is 2.23. The third-order valence-electron chi connectivity index (χ3n) is 3.97. The van der Waals surface area contributed by atoms with Gasteiger partial charge in [0.25, 0.3) is 5.91 Å². The summed E-state index contributed by atoms with van der Waals surface area (Å²) < 4.78 is 6.90. The van der Waals surface area contributed by atoms with E-state index >= 15 is 0 Å². The van der Waals surface area contributed by atoms with E-state index in [9.17, 15) is 10.1 Å². The predicted molar refractivity (Wildman–Crippen MR) is 108 cm³/mol. The summed E-state index contributed by atoms with van der Waals surface area (Å²) in [5.41, 5.74) is 2.02. The first-order chi connectivity index (χ1) is 13.6. The molecule has 0 aliphatic rings. The highest BCUT2D eigenvalue weighted by atomic mass is 35.5. The number of carbonyl (C=O) groups excluding carboxylic acids is 1. The van der Waals surface area contributed by atoms with Gasteiger partial charge in [0.05, 0.1) is 25.5 Å². The van der Waals surface area contributed by atoms with Crippen LogP contribution >= 0.6 is 11.6 Å². The number of anilines is 1. The van der Waals surface area contributed by atoms with Crippen molar-refractivity contribution in [2.45, 2.75) is 6.54 Å². The Morgan fingerprint density at radius 2 is 2.04 bits per heavy atom. The van der Waals surface area contributed by atoms with E-state index in [1.54, 1.807) is 41.3 Å². The van der Waals surface area contributed by atoms with Gasteiger partial charge in [-0.3, -0.25) is 9.48 Å². The molecule has 3 rings (SSSR count). The fourth-order valence-corrected chi connectivity index (χ4v) is 2.79. The first-order valence-corrected chi connectivity index (χ1v) is 8.80. The van der Waals surface area contributed by atoms with E-state index in [4.69, 9.17) is 16.3 Å². The van der Waals surface area contributed by atoms with Crippen molar-refractivity contribution in [2.24, 2.45) is 0 Å². The molecule has 0 fully saturated rings. The maximum Gasteiger partial charge on any atom is 0.266 e. The molecule has 6 nitrogen and oxygen atoms in total. The first-order valence-electron chi connectivity index (χ1n) is 8.42. The highest BCUT2D eigenvalue weighted by Gasteiger charge is 2.12. The summed E-state index contributed by atoms with van der Waals surface area (Å²) in [7, 11) is 1.51. The number of halogens is 1. The van der Waals surface area contributed by atoms with Gasteiger partial charge in [-0.2, -0.15) is 10.4 Å². The summed E-state index contributed by atoms with van der Waals surface area (Å²) in [6, 6.07) is 16.4. The Balaban J connectivity index is 1.76. The normalized spacial score (nSPS) is 11.0. The molecule has 0 atom stereocenters. The van der Waals surface area contributed by atoms with Crippen molar-refractivity contribution in [3.63, 3.8) is 0 Å². The molecule has 1 N–H and O–H groups in total. The van der Waals surface area contributed by atoms with Crippen LogP contribution in [-0.2, 0) is 11.3 Å². The number of nitriles is 1. The minimum Gasteiger partial charge on any atom is -0.495 e. The molecule has 0 aliphatic heterocycles. The number of carbonyl (C=O) groups is 1. The molecule has 1 aromatic heterocycles. The number of hydrogen-bond donors (Lipinski definition) is 1. The van der Waals surface area contributed by atoms with Crippen LogP contribution in [0.5, 0.6) is 5.75 Å². The molecule has 3 aromatic rings. The number of rotatable bonds is 6. The highest BCUT2D eigenvalue weighted by molar-refractivity contribution is 6.31. The summed E-state index contributed by atoms with van der Waals surface area (Å²) >= 11 is 6.17. The quantitative estimate of drug-likeness (QED) is 0.505. The zero-order chi connectivity index (χ0) is 19.9. The predicted octanol–water partition coefficient (Wildman–Crippen LogP) is 4.14. The molecule has 0 aliphatic carbocycles. The molecular weight excluding hydrogens is 376 g/mol. The van der Waals surface area contributed by atoms with Crippen molar-refractivity contribution in [3.05, 3.63) is 82.6 Å². The van der Waals surface area contributed by atoms with Crippen molar-refractivity contribution in [2.75, 3.05) is 12.4 Å². The van der Waals surface area contributed by atoms with Crippen LogP contribution in [0.2, 0.25) is 5.02 Å². The van der Waals surface area contributed by atoms with Crippen LogP contribution in [0.4, 0.5) is 5.69 Å². The van der Waals surface area contributed by atoms with E-state index in [2.05, 4.69) is 10.4 Å². The smallest absolute Gasteiger partial charge is 0.266 e.